The number of fused-ring (bicyclic) bond motifs is 2. The maximum atomic E-state index is 15.1. The lowest BCUT2D eigenvalue weighted by atomic mass is 9.82. The second-order valence-electron chi connectivity index (χ2n) is 15.8. The third-order valence-corrected chi connectivity index (χ3v) is 17.1. The van der Waals surface area contributed by atoms with Gasteiger partial charge in [0.05, 0.1) is 40.8 Å². The van der Waals surface area contributed by atoms with E-state index < -0.39 is 19.2 Å². The van der Waals surface area contributed by atoms with Gasteiger partial charge in [0.2, 0.25) is 0 Å². The minimum atomic E-state index is -2.37. The number of anilines is 3. The van der Waals surface area contributed by atoms with E-state index in [9.17, 15) is 14.7 Å². The van der Waals surface area contributed by atoms with Crippen molar-refractivity contribution < 1.29 is 33.7 Å². The van der Waals surface area contributed by atoms with Gasteiger partial charge in [-0.15, -0.1) is 0 Å². The van der Waals surface area contributed by atoms with Crippen LogP contribution in [0.5, 0.6) is 5.75 Å². The number of esters is 1. The van der Waals surface area contributed by atoms with E-state index >= 15 is 4.79 Å². The molecule has 4 aliphatic rings. The molecule has 4 atom stereocenters. The van der Waals surface area contributed by atoms with Crippen molar-refractivity contribution in [2.75, 3.05) is 61.8 Å². The number of methoxy groups -OCH3 is 2. The molecule has 2 spiro atoms. The third kappa shape index (κ3) is 6.20. The molecule has 2 amide bonds. The monoisotopic (exact) mass is 754 g/mol. The number of amides is 2. The minimum absolute atomic E-state index is 0.0159. The smallest absolute Gasteiger partial charge is 0.305 e. The number of rotatable bonds is 12. The Bertz CT molecular complexity index is 1850. The highest BCUT2D eigenvalue weighted by atomic mass is 28.3. The molecule has 0 bridgehead atoms. The number of carbonyl (C=O) groups excluding carboxylic acids is 3. The number of hydrogen-bond donors (Lipinski definition) is 2. The number of nitrogens with one attached hydrogen (secondary N) is 1. The van der Waals surface area contributed by atoms with Crippen molar-refractivity contribution in [3.05, 3.63) is 78.4 Å². The molecule has 288 valence electrons. The van der Waals surface area contributed by atoms with Crippen molar-refractivity contribution >= 4 is 48.1 Å². The number of hydrogen-bond acceptors (Lipinski definition) is 9. The summed E-state index contributed by atoms with van der Waals surface area (Å²) in [5.74, 6) is 0.203. The molecular formula is C42H54N4O7Si. The van der Waals surface area contributed by atoms with Gasteiger partial charge in [-0.05, 0) is 93.2 Å². The Morgan fingerprint density at radius 3 is 2.35 bits per heavy atom. The van der Waals surface area contributed by atoms with E-state index in [0.717, 1.165) is 41.5 Å². The topological polar surface area (TPSA) is 121 Å². The molecular weight excluding hydrogens is 701 g/mol. The summed E-state index contributed by atoms with van der Waals surface area (Å²) in [6.07, 6.45) is 2.88. The summed E-state index contributed by atoms with van der Waals surface area (Å²) in [5.41, 5.74) is 1.27. The number of nitrogens with zero attached hydrogens (tertiary/aromatic N) is 3. The molecule has 0 aliphatic carbocycles. The predicted octanol–water partition coefficient (Wildman–Crippen LogP) is 4.92. The SMILES string of the molecule is COC(=O)CCCCN1C(=O)[C@@]2(O[C@@H](CCO)[C@H]([Si](C)(C)c3ccc(OC)cc3)[C@H]2C)c2cc(N3CN(c4ccccc4)C4(CCNCC4)C3=O)ccc21. The van der Waals surface area contributed by atoms with Gasteiger partial charge in [0.15, 0.2) is 5.60 Å². The number of para-hydroxylation sites is 1. The number of benzene rings is 3. The number of carbonyl (C=O) groups is 3. The van der Waals surface area contributed by atoms with Gasteiger partial charge in [0.1, 0.15) is 11.3 Å². The van der Waals surface area contributed by atoms with Gasteiger partial charge in [0, 0.05) is 42.4 Å². The lowest BCUT2D eigenvalue weighted by molar-refractivity contribution is -0.146. The van der Waals surface area contributed by atoms with Crippen LogP contribution in [0.15, 0.2) is 72.8 Å². The standard InChI is InChI=1S/C42H54N4O7Si/c1-29-38(54(4,5)33-17-15-32(51-2)16-18-33)36(20-26-47)53-42(29)34-27-31(14-19-35(34)44(40(42)50)25-10-9-13-37(48)52-3)45-28-46(30-11-7-6-8-12-30)41(39(45)49)21-23-43-24-22-41/h6-8,11-12,14-19,27,29,36,38,43,47H,9-10,13,20-26,28H2,1-5H3/t29-,36+,38-,42+/m1/s1. The van der Waals surface area contributed by atoms with Gasteiger partial charge in [-0.3, -0.25) is 19.3 Å². The number of aliphatic hydroxyl groups is 1. The lowest BCUT2D eigenvalue weighted by Gasteiger charge is -2.39. The Hall–Kier alpha value is -4.23. The van der Waals surface area contributed by atoms with Crippen LogP contribution >= 0.6 is 0 Å². The van der Waals surface area contributed by atoms with Crippen molar-refractivity contribution in [3.63, 3.8) is 0 Å². The second-order valence-corrected chi connectivity index (χ2v) is 20.5. The van der Waals surface area contributed by atoms with Crippen LogP contribution in [-0.4, -0.2) is 89.7 Å². The first kappa shape index (κ1) is 38.1. The molecule has 0 aromatic heterocycles. The van der Waals surface area contributed by atoms with Crippen molar-refractivity contribution in [1.29, 1.82) is 0 Å². The van der Waals surface area contributed by atoms with Crippen molar-refractivity contribution in [1.82, 2.24) is 5.32 Å². The zero-order valence-electron chi connectivity index (χ0n) is 32.2. The summed E-state index contributed by atoms with van der Waals surface area (Å²) in [6.45, 7) is 9.03. The zero-order valence-corrected chi connectivity index (χ0v) is 33.2. The van der Waals surface area contributed by atoms with Gasteiger partial charge in [0.25, 0.3) is 11.8 Å². The molecule has 54 heavy (non-hydrogen) atoms. The van der Waals surface area contributed by atoms with Crippen molar-refractivity contribution in [2.24, 2.45) is 5.92 Å². The molecule has 3 aromatic rings. The van der Waals surface area contributed by atoms with Gasteiger partial charge in [-0.2, -0.15) is 0 Å². The minimum Gasteiger partial charge on any atom is -0.497 e. The first-order chi connectivity index (χ1) is 26.0. The molecule has 3 aromatic carbocycles. The molecule has 4 aliphatic heterocycles. The highest BCUT2D eigenvalue weighted by molar-refractivity contribution is 6.91. The Balaban J connectivity index is 1.31. The van der Waals surface area contributed by atoms with E-state index in [1.54, 1.807) is 7.11 Å². The van der Waals surface area contributed by atoms with Crippen molar-refractivity contribution in [2.45, 2.75) is 81.3 Å². The van der Waals surface area contributed by atoms with Crippen LogP contribution in [0.1, 0.15) is 51.0 Å². The molecule has 0 unspecified atom stereocenters. The molecule has 12 heteroatoms. The fraction of sp³-hybridized carbons (Fsp3) is 0.500. The van der Waals surface area contributed by atoms with Crippen LogP contribution in [0.3, 0.4) is 0 Å². The van der Waals surface area contributed by atoms with Crippen LogP contribution in [0.25, 0.3) is 0 Å². The molecule has 4 heterocycles. The third-order valence-electron chi connectivity index (χ3n) is 12.7. The van der Waals surface area contributed by atoms with Crippen LogP contribution < -0.4 is 29.9 Å². The Labute approximate surface area is 319 Å². The van der Waals surface area contributed by atoms with Gasteiger partial charge in [-0.1, -0.05) is 55.5 Å². The number of piperidine rings is 1. The quantitative estimate of drug-likeness (QED) is 0.151. The fourth-order valence-corrected chi connectivity index (χ4v) is 14.0. The van der Waals surface area contributed by atoms with E-state index in [1.807, 2.05) is 58.3 Å². The summed E-state index contributed by atoms with van der Waals surface area (Å²) in [4.78, 5) is 47.8. The summed E-state index contributed by atoms with van der Waals surface area (Å²) in [6, 6.07) is 24.3. The zero-order chi connectivity index (χ0) is 38.3. The normalized spacial score (nSPS) is 24.9. The van der Waals surface area contributed by atoms with Crippen LogP contribution in [-0.2, 0) is 29.5 Å². The number of unbranched alkanes of at least 4 members (excludes halogenated alkanes) is 1. The van der Waals surface area contributed by atoms with Gasteiger partial charge in [-0.25, -0.2) is 0 Å². The molecule has 3 fully saturated rings. The van der Waals surface area contributed by atoms with E-state index in [0.29, 0.717) is 45.3 Å². The molecule has 0 radical (unpaired) electrons. The summed E-state index contributed by atoms with van der Waals surface area (Å²) >= 11 is 0. The van der Waals surface area contributed by atoms with E-state index in [2.05, 4.69) is 54.5 Å². The van der Waals surface area contributed by atoms with Gasteiger partial charge < -0.3 is 34.4 Å². The Kier molecular flexibility index (Phi) is 10.7. The van der Waals surface area contributed by atoms with E-state index in [4.69, 9.17) is 14.2 Å². The van der Waals surface area contributed by atoms with Crippen LogP contribution in [0.4, 0.5) is 17.1 Å². The second kappa shape index (κ2) is 15.1. The highest BCUT2D eigenvalue weighted by Gasteiger charge is 2.66. The maximum absolute atomic E-state index is 15.1. The molecule has 3 saturated heterocycles. The Morgan fingerprint density at radius 1 is 0.963 bits per heavy atom. The highest BCUT2D eigenvalue weighted by Crippen LogP contribution is 2.60. The van der Waals surface area contributed by atoms with E-state index in [-0.39, 0.29) is 48.4 Å². The summed E-state index contributed by atoms with van der Waals surface area (Å²) < 4.78 is 17.5. The predicted molar refractivity (Wildman–Crippen MR) is 212 cm³/mol. The van der Waals surface area contributed by atoms with Crippen molar-refractivity contribution in [3.8, 4) is 5.75 Å². The maximum Gasteiger partial charge on any atom is 0.305 e. The molecule has 11 nitrogen and oxygen atoms in total. The molecule has 7 rings (SSSR count). The average molecular weight is 755 g/mol. The largest absolute Gasteiger partial charge is 0.497 e. The first-order valence-electron chi connectivity index (χ1n) is 19.4. The first-order valence-corrected chi connectivity index (χ1v) is 22.4. The fourth-order valence-electron chi connectivity index (χ4n) is 9.90. The average Bonchev–Trinajstić information content (AvgIpc) is 3.74. The number of ether oxygens (including phenoxy) is 3. The van der Waals surface area contributed by atoms with E-state index in [1.165, 1.54) is 12.3 Å². The van der Waals surface area contributed by atoms with Gasteiger partial charge >= 0.3 is 5.97 Å². The molecule has 0 saturated carbocycles. The summed E-state index contributed by atoms with van der Waals surface area (Å²) in [7, 11) is 0.668. The molecule has 2 N–H and O–H groups in total. The lowest BCUT2D eigenvalue weighted by Crippen LogP contribution is -2.55. The number of aliphatic hydroxyl groups excluding tert-OH is 1. The van der Waals surface area contributed by atoms with Crippen LogP contribution in [0.2, 0.25) is 18.6 Å². The van der Waals surface area contributed by atoms with Crippen LogP contribution in [0, 0.1) is 5.92 Å². The Morgan fingerprint density at radius 2 is 1.69 bits per heavy atom. The summed E-state index contributed by atoms with van der Waals surface area (Å²) in [5, 5.41) is 15.0.